The summed E-state index contributed by atoms with van der Waals surface area (Å²) in [5.41, 5.74) is 5.88. The van der Waals surface area contributed by atoms with Gasteiger partial charge in [0.25, 0.3) is 0 Å². The SMILES string of the molecule is COc1ccc(Nc2ccc(F)cc2)cc1.[2H]c1c([2H])c([2H])c(-c2ccc(Nc3cccc4ccccc34)cc2)c([2H])c1[2H].[2H]c1c([2H])c([2H])c2c(Nc3ccc([Si](C)(C)C)cc3)c([2H])c([2H])c([2H])c2c1[2H].[2H]c1c([2H])c([2H])c2c([2H])c(Nc3cccc4ccccc34)c([2H])c([2H])c2c1[2H]. The lowest BCUT2D eigenvalue weighted by Crippen LogP contribution is -2.37. The van der Waals surface area contributed by atoms with E-state index in [1.165, 1.54) is 17.3 Å². The summed E-state index contributed by atoms with van der Waals surface area (Å²) in [5, 5.41) is 17.9. The second-order valence-electron chi connectivity index (χ2n) is 19.2. The highest BCUT2D eigenvalue weighted by Crippen LogP contribution is 2.31. The van der Waals surface area contributed by atoms with Gasteiger partial charge in [-0.3, -0.25) is 0 Å². The van der Waals surface area contributed by atoms with Gasteiger partial charge in [-0.2, -0.15) is 0 Å². The Balaban J connectivity index is 0.000000147. The van der Waals surface area contributed by atoms with Crippen LogP contribution in [0.25, 0.3) is 54.2 Å². The summed E-state index contributed by atoms with van der Waals surface area (Å²) in [4.78, 5) is 0. The first-order chi connectivity index (χ1) is 47.5. The Labute approximate surface area is 503 Å². The molecule has 0 aliphatic heterocycles. The van der Waals surface area contributed by atoms with Crippen LogP contribution in [0.4, 0.5) is 49.9 Å². The van der Waals surface area contributed by atoms with Crippen molar-refractivity contribution < 1.29 is 35.2 Å². The largest absolute Gasteiger partial charge is 0.497 e. The van der Waals surface area contributed by atoms with Crippen LogP contribution < -0.4 is 31.2 Å². The average Bonchev–Trinajstić information content (AvgIpc) is 0.747. The highest BCUT2D eigenvalue weighted by molar-refractivity contribution is 6.88. The fourth-order valence-corrected chi connectivity index (χ4v) is 9.56. The van der Waals surface area contributed by atoms with Crippen LogP contribution in [0.2, 0.25) is 19.6 Å². The Morgan fingerprint density at radius 2 is 0.827 bits per heavy atom. The summed E-state index contributed by atoms with van der Waals surface area (Å²) in [7, 11) is 0.158. The molecule has 4 N–H and O–H groups in total. The summed E-state index contributed by atoms with van der Waals surface area (Å²) >= 11 is 0. The van der Waals surface area contributed by atoms with E-state index in [0.717, 1.165) is 50.0 Å². The molecule has 0 saturated carbocycles. The average molecular weight is 1090 g/mol. The summed E-state index contributed by atoms with van der Waals surface area (Å²) in [6.45, 7) is 6.71. The van der Waals surface area contributed by atoms with Crippen molar-refractivity contribution in [2.45, 2.75) is 19.6 Å². The highest BCUT2D eigenvalue weighted by Gasteiger charge is 2.16. The third kappa shape index (κ3) is 14.6. The lowest BCUT2D eigenvalue weighted by molar-refractivity contribution is 0.415. The minimum absolute atomic E-state index is 0.0406. The predicted molar refractivity (Wildman–Crippen MR) is 350 cm³/mol. The van der Waals surface area contributed by atoms with Gasteiger partial charge in [0.1, 0.15) is 11.6 Å². The number of rotatable bonds is 11. The molecule has 0 unspecified atom stereocenters. The van der Waals surface area contributed by atoms with E-state index in [0.29, 0.717) is 16.9 Å². The quantitative estimate of drug-likeness (QED) is 0.0973. The van der Waals surface area contributed by atoms with E-state index in [-0.39, 0.29) is 129 Å². The van der Waals surface area contributed by atoms with Crippen LogP contribution in [0.1, 0.15) is 26.0 Å². The van der Waals surface area contributed by atoms with E-state index >= 15 is 0 Å². The zero-order valence-electron chi connectivity index (χ0n) is 63.6. The van der Waals surface area contributed by atoms with Crippen LogP contribution in [-0.4, -0.2) is 15.2 Å². The van der Waals surface area contributed by atoms with Gasteiger partial charge in [0.05, 0.1) is 41.2 Å². The van der Waals surface area contributed by atoms with E-state index in [4.69, 9.17) is 30.8 Å². The topological polar surface area (TPSA) is 57.4 Å². The zero-order chi connectivity index (χ0) is 72.3. The minimum atomic E-state index is -1.47. The van der Waals surface area contributed by atoms with E-state index in [9.17, 15) is 4.39 Å². The number of fused-ring (bicyclic) bond motifs is 4. The first-order valence-corrected chi connectivity index (χ1v) is 29.2. The van der Waals surface area contributed by atoms with Crippen LogP contribution in [0.5, 0.6) is 5.75 Å². The lowest BCUT2D eigenvalue weighted by Gasteiger charge is -2.17. The zero-order valence-corrected chi connectivity index (χ0v) is 45.6. The van der Waals surface area contributed by atoms with Gasteiger partial charge in [0.2, 0.25) is 0 Å². The smallest absolute Gasteiger partial charge is 0.123 e. The standard InChI is InChI=1S/C22H17N.C20H15N.C19H21NSi.C13H12FNO/c1-2-7-17(8-3-1)18-13-15-20(16-14-18)23-22-12-6-10-19-9-4-5-11-21(19)22;1-2-8-17-14-18(13-12-15(17)6-1)21-20-11-5-9-16-7-3-4-10-19(16)20;1-21(2,3)17-13-11-16(12-14-17)20-19-10-6-8-15-7-4-5-9-18(15)19;1-16-13-8-6-12(7-9-13)15-11-4-2-10(14)3-5-11/h1-16,23H;1-14,21H;4-14,20H,1-3H3;2-9,15H,1H3/i1D,2D,3D,7D,8D;1D,2D,6D,8D,12D,13D,14D;4D,5D,6D,7D,8D,9D,10D;. The molecule has 0 saturated heterocycles. The molecule has 0 radical (unpaired) electrons. The van der Waals surface area contributed by atoms with Gasteiger partial charge in [-0.1, -0.05) is 219 Å². The van der Waals surface area contributed by atoms with Crippen molar-refractivity contribution in [3.63, 3.8) is 0 Å². The van der Waals surface area contributed by atoms with Crippen LogP contribution in [-0.2, 0) is 0 Å². The molecule has 0 fully saturated rings. The monoisotopic (exact) mass is 1090 g/mol. The lowest BCUT2D eigenvalue weighted by atomic mass is 10.1. The second kappa shape index (κ2) is 26.1. The van der Waals surface area contributed by atoms with Crippen molar-refractivity contribution in [2.24, 2.45) is 0 Å². The van der Waals surface area contributed by atoms with E-state index < -0.39 is 38.3 Å². The summed E-state index contributed by atoms with van der Waals surface area (Å²) in [5.74, 6) is 0.574. The van der Waals surface area contributed by atoms with Crippen molar-refractivity contribution in [3.8, 4) is 16.9 Å². The van der Waals surface area contributed by atoms with Crippen molar-refractivity contribution >= 4 is 102 Å². The van der Waals surface area contributed by atoms with Crippen molar-refractivity contribution in [1.82, 2.24) is 0 Å². The Morgan fingerprint density at radius 3 is 1.44 bits per heavy atom. The normalized spacial score (nSPS) is 14.1. The fraction of sp³-hybridized carbons (Fsp3) is 0.0541. The molecular formula is C74H65FN4OSi. The molecule has 13 aromatic carbocycles. The third-order valence-electron chi connectivity index (χ3n) is 12.6. The Hall–Kier alpha value is -9.95. The highest BCUT2D eigenvalue weighted by atomic mass is 28.3. The first-order valence-electron chi connectivity index (χ1n) is 35.2. The third-order valence-corrected chi connectivity index (χ3v) is 14.7. The van der Waals surface area contributed by atoms with Crippen LogP contribution in [0, 0.1) is 5.82 Å². The molecule has 5 nitrogen and oxygen atoms in total. The molecule has 0 atom stereocenters. The maximum atomic E-state index is 12.7. The van der Waals surface area contributed by atoms with Gasteiger partial charge in [-0.15, -0.1) is 0 Å². The number of hydrogen-bond donors (Lipinski definition) is 4. The molecule has 0 bridgehead atoms. The van der Waals surface area contributed by atoms with Gasteiger partial charge in [0, 0.05) is 61.7 Å². The number of hydrogen-bond acceptors (Lipinski definition) is 5. The Kier molecular flexibility index (Phi) is 11.5. The maximum absolute atomic E-state index is 12.7. The molecule has 13 aromatic rings. The molecule has 0 aliphatic rings. The molecule has 0 heterocycles. The Bertz CT molecular complexity index is 5230. The molecule has 0 amide bonds. The summed E-state index contributed by atoms with van der Waals surface area (Å²) in [6, 6.07) is 49.6. The minimum Gasteiger partial charge on any atom is -0.497 e. The fourth-order valence-electron chi connectivity index (χ4n) is 8.40. The van der Waals surface area contributed by atoms with Crippen molar-refractivity contribution in [1.29, 1.82) is 0 Å². The maximum Gasteiger partial charge on any atom is 0.123 e. The summed E-state index contributed by atoms with van der Waals surface area (Å²) < 4.78 is 171. The van der Waals surface area contributed by atoms with Crippen LogP contribution >= 0.6 is 0 Å². The number of anilines is 8. The van der Waals surface area contributed by atoms with E-state index in [1.54, 1.807) is 37.4 Å². The second-order valence-corrected chi connectivity index (χ2v) is 24.3. The number of ether oxygens (including phenoxy) is 1. The Morgan fingerprint density at radius 1 is 0.346 bits per heavy atom. The molecule has 0 aromatic heterocycles. The van der Waals surface area contributed by atoms with E-state index in [2.05, 4.69) is 59.1 Å². The van der Waals surface area contributed by atoms with Gasteiger partial charge in [-0.25, -0.2) is 4.39 Å². The molecule has 13 rings (SSSR count). The molecule has 0 spiro atoms. The summed E-state index contributed by atoms with van der Waals surface area (Å²) in [6.07, 6.45) is 0. The van der Waals surface area contributed by atoms with Gasteiger partial charge < -0.3 is 26.0 Å². The number of methoxy groups -OCH3 is 1. The predicted octanol–water partition coefficient (Wildman–Crippen LogP) is 20.7. The van der Waals surface area contributed by atoms with E-state index in [1.807, 2.05) is 121 Å². The van der Waals surface area contributed by atoms with Crippen molar-refractivity contribution in [2.75, 3.05) is 28.4 Å². The van der Waals surface area contributed by atoms with Crippen molar-refractivity contribution in [3.05, 3.63) is 303 Å². The number of benzene rings is 13. The van der Waals surface area contributed by atoms with Gasteiger partial charge >= 0.3 is 0 Å². The number of nitrogens with one attached hydrogen (secondary N) is 4. The molecule has 398 valence electrons. The first kappa shape index (κ1) is 35.5. The van der Waals surface area contributed by atoms with Crippen LogP contribution in [0.15, 0.2) is 297 Å². The number of halogens is 1. The van der Waals surface area contributed by atoms with Crippen LogP contribution in [0.3, 0.4) is 0 Å². The molecular weight excluding hydrogens is 1010 g/mol. The molecule has 0 aliphatic carbocycles. The van der Waals surface area contributed by atoms with Gasteiger partial charge in [0.15, 0.2) is 0 Å². The molecule has 7 heteroatoms. The molecule has 81 heavy (non-hydrogen) atoms. The van der Waals surface area contributed by atoms with Gasteiger partial charge in [-0.05, 0) is 141 Å².